The van der Waals surface area contributed by atoms with E-state index in [1.807, 2.05) is 17.5 Å². The van der Waals surface area contributed by atoms with Gasteiger partial charge in [0.2, 0.25) is 0 Å². The van der Waals surface area contributed by atoms with E-state index < -0.39 is 0 Å². The highest BCUT2D eigenvalue weighted by molar-refractivity contribution is 7.13. The standard InChI is InChI=1S/C14H13N5O2S/c1-9-7-10(4-5-11(9)19(20)21)15-8-13-16-14(18-17-13)12-3-2-6-22-12/h2-7,15H,8H2,1H3,(H,16,17,18). The quantitative estimate of drug-likeness (QED) is 0.556. The van der Waals surface area contributed by atoms with Gasteiger partial charge in [0.1, 0.15) is 5.82 Å². The molecule has 22 heavy (non-hydrogen) atoms. The zero-order chi connectivity index (χ0) is 15.5. The minimum absolute atomic E-state index is 0.116. The van der Waals surface area contributed by atoms with Crippen molar-refractivity contribution < 1.29 is 4.92 Å². The lowest BCUT2D eigenvalue weighted by Gasteiger charge is -2.05. The Morgan fingerprint density at radius 1 is 1.41 bits per heavy atom. The molecule has 0 radical (unpaired) electrons. The maximum absolute atomic E-state index is 10.8. The molecular formula is C14H13N5O2S. The van der Waals surface area contributed by atoms with Gasteiger partial charge in [0.05, 0.1) is 16.3 Å². The number of nitrogens with zero attached hydrogens (tertiary/aromatic N) is 3. The van der Waals surface area contributed by atoms with Gasteiger partial charge >= 0.3 is 0 Å². The summed E-state index contributed by atoms with van der Waals surface area (Å²) in [6, 6.07) is 8.84. The highest BCUT2D eigenvalue weighted by Crippen LogP contribution is 2.23. The maximum atomic E-state index is 10.8. The first kappa shape index (κ1) is 14.2. The number of H-pyrrole nitrogens is 1. The molecule has 0 amide bonds. The minimum Gasteiger partial charge on any atom is -0.378 e. The van der Waals surface area contributed by atoms with E-state index in [1.165, 1.54) is 6.07 Å². The van der Waals surface area contributed by atoms with Gasteiger partial charge in [0.25, 0.3) is 5.69 Å². The fourth-order valence-electron chi connectivity index (χ4n) is 2.05. The average molecular weight is 315 g/mol. The molecule has 0 fully saturated rings. The summed E-state index contributed by atoms with van der Waals surface area (Å²) in [4.78, 5) is 15.8. The molecule has 0 spiro atoms. The molecule has 0 aliphatic heterocycles. The topological polar surface area (TPSA) is 96.7 Å². The van der Waals surface area contributed by atoms with E-state index in [2.05, 4.69) is 20.5 Å². The molecule has 1 aromatic carbocycles. The number of nitrogens with one attached hydrogen (secondary N) is 2. The van der Waals surface area contributed by atoms with Crippen molar-refractivity contribution in [3.63, 3.8) is 0 Å². The molecule has 0 aliphatic carbocycles. The Bertz CT molecular complexity index is 797. The summed E-state index contributed by atoms with van der Waals surface area (Å²) in [5, 5.41) is 23.0. The Morgan fingerprint density at radius 3 is 2.95 bits per heavy atom. The number of hydrogen-bond donors (Lipinski definition) is 2. The van der Waals surface area contributed by atoms with Crippen LogP contribution in [0.15, 0.2) is 35.7 Å². The fourth-order valence-corrected chi connectivity index (χ4v) is 2.70. The molecule has 3 rings (SSSR count). The van der Waals surface area contributed by atoms with Crippen LogP contribution in [0.4, 0.5) is 11.4 Å². The molecule has 2 heterocycles. The lowest BCUT2D eigenvalue weighted by atomic mass is 10.2. The van der Waals surface area contributed by atoms with E-state index in [9.17, 15) is 10.1 Å². The number of thiophene rings is 1. The predicted molar refractivity (Wildman–Crippen MR) is 84.9 cm³/mol. The van der Waals surface area contributed by atoms with Gasteiger partial charge in [0.15, 0.2) is 5.82 Å². The molecule has 8 heteroatoms. The van der Waals surface area contributed by atoms with Crippen LogP contribution in [0.2, 0.25) is 0 Å². The van der Waals surface area contributed by atoms with E-state index >= 15 is 0 Å². The van der Waals surface area contributed by atoms with Crippen molar-refractivity contribution in [2.75, 3.05) is 5.32 Å². The van der Waals surface area contributed by atoms with Crippen molar-refractivity contribution in [3.8, 4) is 10.7 Å². The molecule has 0 aliphatic rings. The van der Waals surface area contributed by atoms with Crippen molar-refractivity contribution >= 4 is 22.7 Å². The number of rotatable bonds is 5. The largest absolute Gasteiger partial charge is 0.378 e. The van der Waals surface area contributed by atoms with Gasteiger partial charge in [-0.3, -0.25) is 15.2 Å². The molecule has 0 atom stereocenters. The van der Waals surface area contributed by atoms with Gasteiger partial charge in [0, 0.05) is 17.3 Å². The average Bonchev–Trinajstić information content (AvgIpc) is 3.16. The monoisotopic (exact) mass is 315 g/mol. The van der Waals surface area contributed by atoms with Crippen molar-refractivity contribution in [1.29, 1.82) is 0 Å². The van der Waals surface area contributed by atoms with Crippen LogP contribution < -0.4 is 5.32 Å². The van der Waals surface area contributed by atoms with Crippen LogP contribution >= 0.6 is 11.3 Å². The predicted octanol–water partition coefficient (Wildman–Crippen LogP) is 3.36. The summed E-state index contributed by atoms with van der Waals surface area (Å²) >= 11 is 1.58. The van der Waals surface area contributed by atoms with Gasteiger partial charge in [-0.1, -0.05) is 6.07 Å². The Hall–Kier alpha value is -2.74. The maximum Gasteiger partial charge on any atom is 0.272 e. The highest BCUT2D eigenvalue weighted by Gasteiger charge is 2.11. The summed E-state index contributed by atoms with van der Waals surface area (Å²) in [5.41, 5.74) is 1.54. The first-order chi connectivity index (χ1) is 10.6. The summed E-state index contributed by atoms with van der Waals surface area (Å²) in [6.45, 7) is 2.18. The Kier molecular flexibility index (Phi) is 3.84. The molecule has 7 nitrogen and oxygen atoms in total. The third-order valence-corrected chi connectivity index (χ3v) is 3.99. The van der Waals surface area contributed by atoms with Crippen LogP contribution in [0.3, 0.4) is 0 Å². The third kappa shape index (κ3) is 2.96. The first-order valence-electron chi connectivity index (χ1n) is 6.57. The second kappa shape index (κ2) is 5.94. The molecule has 0 bridgehead atoms. The van der Waals surface area contributed by atoms with Gasteiger partial charge < -0.3 is 5.32 Å². The van der Waals surface area contributed by atoms with E-state index in [-0.39, 0.29) is 10.6 Å². The molecule has 3 aromatic rings. The Labute approximate surface area is 130 Å². The van der Waals surface area contributed by atoms with Crippen LogP contribution in [0.25, 0.3) is 10.7 Å². The Balaban J connectivity index is 1.68. The summed E-state index contributed by atoms with van der Waals surface area (Å²) in [6.07, 6.45) is 0. The van der Waals surface area contributed by atoms with Gasteiger partial charge in [-0.15, -0.1) is 11.3 Å². The molecule has 0 unspecified atom stereocenters. The van der Waals surface area contributed by atoms with E-state index in [0.29, 0.717) is 23.8 Å². The zero-order valence-electron chi connectivity index (χ0n) is 11.7. The van der Waals surface area contributed by atoms with E-state index in [4.69, 9.17) is 0 Å². The molecular weight excluding hydrogens is 302 g/mol. The van der Waals surface area contributed by atoms with Crippen molar-refractivity contribution in [2.24, 2.45) is 0 Å². The van der Waals surface area contributed by atoms with Crippen LogP contribution in [0.5, 0.6) is 0 Å². The van der Waals surface area contributed by atoms with Crippen molar-refractivity contribution in [1.82, 2.24) is 15.2 Å². The highest BCUT2D eigenvalue weighted by atomic mass is 32.1. The van der Waals surface area contributed by atoms with Crippen LogP contribution in [0.1, 0.15) is 11.4 Å². The second-order valence-electron chi connectivity index (χ2n) is 4.69. The normalized spacial score (nSPS) is 10.6. The van der Waals surface area contributed by atoms with E-state index in [1.54, 1.807) is 30.4 Å². The smallest absolute Gasteiger partial charge is 0.272 e. The summed E-state index contributed by atoms with van der Waals surface area (Å²) < 4.78 is 0. The molecule has 2 aromatic heterocycles. The number of benzene rings is 1. The number of aromatic nitrogens is 3. The summed E-state index contributed by atoms with van der Waals surface area (Å²) in [7, 11) is 0. The third-order valence-electron chi connectivity index (χ3n) is 3.13. The number of nitro groups is 1. The van der Waals surface area contributed by atoms with Crippen LogP contribution in [-0.2, 0) is 6.54 Å². The molecule has 2 N–H and O–H groups in total. The zero-order valence-corrected chi connectivity index (χ0v) is 12.6. The van der Waals surface area contributed by atoms with Gasteiger partial charge in [-0.05, 0) is 30.5 Å². The SMILES string of the molecule is Cc1cc(NCc2nc(-c3cccs3)n[nH]2)ccc1[N+](=O)[O-]. The fraction of sp³-hybridized carbons (Fsp3) is 0.143. The lowest BCUT2D eigenvalue weighted by Crippen LogP contribution is -2.02. The van der Waals surface area contributed by atoms with Gasteiger partial charge in [-0.2, -0.15) is 5.10 Å². The summed E-state index contributed by atoms with van der Waals surface area (Å²) in [5.74, 6) is 1.38. The van der Waals surface area contributed by atoms with Crippen molar-refractivity contribution in [2.45, 2.75) is 13.5 Å². The number of nitro benzene ring substituents is 1. The molecule has 0 saturated heterocycles. The van der Waals surface area contributed by atoms with E-state index in [0.717, 1.165) is 10.6 Å². The Morgan fingerprint density at radius 2 is 2.27 bits per heavy atom. The van der Waals surface area contributed by atoms with Crippen LogP contribution in [0, 0.1) is 17.0 Å². The number of aryl methyl sites for hydroxylation is 1. The molecule has 112 valence electrons. The first-order valence-corrected chi connectivity index (χ1v) is 7.45. The molecule has 0 saturated carbocycles. The number of anilines is 1. The number of aromatic amines is 1. The van der Waals surface area contributed by atoms with Crippen molar-refractivity contribution in [3.05, 3.63) is 57.2 Å². The second-order valence-corrected chi connectivity index (χ2v) is 5.64. The van der Waals surface area contributed by atoms with Gasteiger partial charge in [-0.25, -0.2) is 4.98 Å². The number of hydrogen-bond acceptors (Lipinski definition) is 6. The lowest BCUT2D eigenvalue weighted by molar-refractivity contribution is -0.385. The minimum atomic E-state index is -0.386. The van der Waals surface area contributed by atoms with Crippen LogP contribution in [-0.4, -0.2) is 20.1 Å².